The molecule has 6 heteroatoms. The fraction of sp³-hybridized carbons (Fsp3) is 0.556. The van der Waals surface area contributed by atoms with Gasteiger partial charge in [0.05, 0.1) is 18.7 Å². The number of halogens is 1. The molecule has 0 unspecified atom stereocenters. The molecule has 0 saturated heterocycles. The van der Waals surface area contributed by atoms with Crippen molar-refractivity contribution in [2.45, 2.75) is 26.3 Å². The van der Waals surface area contributed by atoms with E-state index in [4.69, 9.17) is 16.9 Å². The summed E-state index contributed by atoms with van der Waals surface area (Å²) >= 11 is 5.65. The molecule has 80 valence electrons. The first kappa shape index (κ1) is 11.7. The number of rotatable bonds is 4. The van der Waals surface area contributed by atoms with Gasteiger partial charge in [0, 0.05) is 12.6 Å². The molecule has 0 spiro atoms. The molecule has 0 fully saturated rings. The van der Waals surface area contributed by atoms with E-state index in [1.165, 1.54) is 0 Å². The van der Waals surface area contributed by atoms with Crippen molar-refractivity contribution in [1.29, 1.82) is 5.26 Å². The van der Waals surface area contributed by atoms with E-state index >= 15 is 0 Å². The van der Waals surface area contributed by atoms with Crippen LogP contribution in [0.15, 0.2) is 6.20 Å². The fourth-order valence-electron chi connectivity index (χ4n) is 1.22. The summed E-state index contributed by atoms with van der Waals surface area (Å²) in [7, 11) is 0. The highest BCUT2D eigenvalue weighted by molar-refractivity contribution is 6.28. The van der Waals surface area contributed by atoms with E-state index in [9.17, 15) is 0 Å². The van der Waals surface area contributed by atoms with Gasteiger partial charge < -0.3 is 4.90 Å². The highest BCUT2D eigenvalue weighted by Gasteiger charge is 2.12. The monoisotopic (exact) mass is 225 g/mol. The van der Waals surface area contributed by atoms with Gasteiger partial charge in [-0.15, -0.1) is 5.10 Å². The van der Waals surface area contributed by atoms with Crippen LogP contribution in [-0.2, 0) is 0 Å². The van der Waals surface area contributed by atoms with Crippen molar-refractivity contribution in [2.24, 2.45) is 0 Å². The van der Waals surface area contributed by atoms with Crippen molar-refractivity contribution in [3.63, 3.8) is 0 Å². The highest BCUT2D eigenvalue weighted by Crippen LogP contribution is 2.14. The Morgan fingerprint density at radius 3 is 2.87 bits per heavy atom. The zero-order valence-corrected chi connectivity index (χ0v) is 9.44. The van der Waals surface area contributed by atoms with Crippen LogP contribution in [0.5, 0.6) is 0 Å². The van der Waals surface area contributed by atoms with Crippen molar-refractivity contribution >= 4 is 17.4 Å². The van der Waals surface area contributed by atoms with Gasteiger partial charge >= 0.3 is 0 Å². The van der Waals surface area contributed by atoms with Crippen LogP contribution < -0.4 is 4.90 Å². The maximum Gasteiger partial charge on any atom is 0.244 e. The third-order valence-electron chi connectivity index (χ3n) is 1.90. The lowest BCUT2D eigenvalue weighted by molar-refractivity contribution is 0.671. The van der Waals surface area contributed by atoms with Crippen molar-refractivity contribution in [1.82, 2.24) is 15.2 Å². The summed E-state index contributed by atoms with van der Waals surface area (Å²) in [6, 6.07) is 2.34. The smallest absolute Gasteiger partial charge is 0.244 e. The van der Waals surface area contributed by atoms with Gasteiger partial charge in [-0.3, -0.25) is 0 Å². The second kappa shape index (κ2) is 5.47. The number of aromatic nitrogens is 3. The van der Waals surface area contributed by atoms with Crippen molar-refractivity contribution in [3.8, 4) is 6.07 Å². The molecular formula is C9H12ClN5. The Hall–Kier alpha value is -1.41. The van der Waals surface area contributed by atoms with Crippen LogP contribution in [0.25, 0.3) is 0 Å². The maximum atomic E-state index is 8.55. The normalized spacial score (nSPS) is 10.1. The minimum absolute atomic E-state index is 0.120. The van der Waals surface area contributed by atoms with Crippen LogP contribution in [-0.4, -0.2) is 27.8 Å². The van der Waals surface area contributed by atoms with Gasteiger partial charge in [0.1, 0.15) is 0 Å². The minimum Gasteiger partial charge on any atom is -0.352 e. The summed E-state index contributed by atoms with van der Waals surface area (Å²) in [5.41, 5.74) is 0. The molecule has 1 rings (SSSR count). The number of nitriles is 1. The highest BCUT2D eigenvalue weighted by atomic mass is 35.5. The average molecular weight is 226 g/mol. The number of nitrogens with zero attached hydrogens (tertiary/aromatic N) is 5. The Balaban J connectivity index is 2.84. The summed E-state index contributed by atoms with van der Waals surface area (Å²) in [5, 5.41) is 16.0. The molecule has 0 aliphatic heterocycles. The summed E-state index contributed by atoms with van der Waals surface area (Å²) in [4.78, 5) is 6.02. The van der Waals surface area contributed by atoms with E-state index in [1.807, 2.05) is 18.7 Å². The largest absolute Gasteiger partial charge is 0.352 e. The predicted octanol–water partition coefficient (Wildman–Crippen LogP) is 1.65. The van der Waals surface area contributed by atoms with Gasteiger partial charge in [0.15, 0.2) is 5.82 Å². The first-order chi connectivity index (χ1) is 7.15. The molecule has 0 saturated carbocycles. The van der Waals surface area contributed by atoms with Crippen LogP contribution >= 0.6 is 11.6 Å². The van der Waals surface area contributed by atoms with Crippen LogP contribution in [0.2, 0.25) is 5.28 Å². The molecule has 1 heterocycles. The molecule has 1 aromatic heterocycles. The second-order valence-corrected chi connectivity index (χ2v) is 3.62. The van der Waals surface area contributed by atoms with E-state index in [2.05, 4.69) is 21.3 Å². The van der Waals surface area contributed by atoms with Gasteiger partial charge in [-0.2, -0.15) is 15.3 Å². The molecule has 0 bridgehead atoms. The number of hydrogen-bond donors (Lipinski definition) is 0. The number of anilines is 1. The fourth-order valence-corrected chi connectivity index (χ4v) is 1.35. The average Bonchev–Trinajstić information content (AvgIpc) is 2.18. The zero-order valence-electron chi connectivity index (χ0n) is 8.68. The molecule has 0 aliphatic carbocycles. The van der Waals surface area contributed by atoms with E-state index in [0.717, 1.165) is 0 Å². The Morgan fingerprint density at radius 2 is 2.33 bits per heavy atom. The quantitative estimate of drug-likeness (QED) is 0.780. The molecule has 0 amide bonds. The van der Waals surface area contributed by atoms with Gasteiger partial charge in [-0.1, -0.05) is 0 Å². The van der Waals surface area contributed by atoms with E-state index < -0.39 is 0 Å². The van der Waals surface area contributed by atoms with Gasteiger partial charge in [0.2, 0.25) is 5.28 Å². The first-order valence-electron chi connectivity index (χ1n) is 4.64. The van der Waals surface area contributed by atoms with Crippen LogP contribution in [0, 0.1) is 11.3 Å². The van der Waals surface area contributed by atoms with E-state index in [-0.39, 0.29) is 11.3 Å². The van der Waals surface area contributed by atoms with E-state index in [1.54, 1.807) is 6.20 Å². The van der Waals surface area contributed by atoms with Gasteiger partial charge in [0.25, 0.3) is 0 Å². The Labute approximate surface area is 93.7 Å². The van der Waals surface area contributed by atoms with E-state index in [0.29, 0.717) is 18.8 Å². The molecule has 0 atom stereocenters. The third-order valence-corrected chi connectivity index (χ3v) is 2.06. The standard InChI is InChI=1S/C9H12ClN5/c1-7(2)15(5-3-4-11)8-6-12-14-9(10)13-8/h6-7H,3,5H2,1-2H3. The zero-order chi connectivity index (χ0) is 11.3. The number of hydrogen-bond acceptors (Lipinski definition) is 5. The predicted molar refractivity (Wildman–Crippen MR) is 57.5 cm³/mol. The maximum absolute atomic E-state index is 8.55. The Bertz CT molecular complexity index is 360. The molecule has 5 nitrogen and oxygen atoms in total. The summed E-state index contributed by atoms with van der Waals surface area (Å²) < 4.78 is 0. The summed E-state index contributed by atoms with van der Waals surface area (Å²) in [6.07, 6.45) is 1.99. The molecule has 15 heavy (non-hydrogen) atoms. The first-order valence-corrected chi connectivity index (χ1v) is 5.01. The lowest BCUT2D eigenvalue weighted by atomic mass is 10.3. The molecular weight excluding hydrogens is 214 g/mol. The SMILES string of the molecule is CC(C)N(CCC#N)c1cnnc(Cl)n1. The van der Waals surface area contributed by atoms with Crippen molar-refractivity contribution in [2.75, 3.05) is 11.4 Å². The van der Waals surface area contributed by atoms with Crippen molar-refractivity contribution in [3.05, 3.63) is 11.5 Å². The molecule has 0 radical (unpaired) electrons. The minimum atomic E-state index is 0.120. The molecule has 0 N–H and O–H groups in total. The second-order valence-electron chi connectivity index (χ2n) is 3.28. The Kier molecular flexibility index (Phi) is 4.25. The Morgan fingerprint density at radius 1 is 1.60 bits per heavy atom. The van der Waals surface area contributed by atoms with Crippen LogP contribution in [0.3, 0.4) is 0 Å². The van der Waals surface area contributed by atoms with Gasteiger partial charge in [-0.05, 0) is 25.4 Å². The lowest BCUT2D eigenvalue weighted by Crippen LogP contribution is -2.32. The molecule has 0 aromatic carbocycles. The topological polar surface area (TPSA) is 65.7 Å². The summed E-state index contributed by atoms with van der Waals surface area (Å²) in [6.45, 7) is 4.66. The molecule has 0 aliphatic rings. The van der Waals surface area contributed by atoms with Crippen molar-refractivity contribution < 1.29 is 0 Å². The van der Waals surface area contributed by atoms with Crippen LogP contribution in [0.4, 0.5) is 5.82 Å². The summed E-state index contributed by atoms with van der Waals surface area (Å²) in [5.74, 6) is 0.653. The third kappa shape index (κ3) is 3.33. The van der Waals surface area contributed by atoms with Crippen LogP contribution in [0.1, 0.15) is 20.3 Å². The molecule has 1 aromatic rings. The lowest BCUT2D eigenvalue weighted by Gasteiger charge is -2.26. The van der Waals surface area contributed by atoms with Gasteiger partial charge in [-0.25, -0.2) is 0 Å².